The molecule has 0 saturated heterocycles. The maximum atomic E-state index is 11.2. The highest BCUT2D eigenvalue weighted by molar-refractivity contribution is 6.30. The third-order valence-electron chi connectivity index (χ3n) is 2.65. The van der Waals surface area contributed by atoms with Crippen molar-refractivity contribution in [1.82, 2.24) is 15.0 Å². The van der Waals surface area contributed by atoms with Crippen molar-refractivity contribution in [3.8, 4) is 0 Å². The zero-order valence-corrected chi connectivity index (χ0v) is 10.7. The summed E-state index contributed by atoms with van der Waals surface area (Å²) >= 11 is 5.82. The zero-order valence-electron chi connectivity index (χ0n) is 9.93. The molecule has 0 bridgehead atoms. The van der Waals surface area contributed by atoms with Crippen molar-refractivity contribution in [3.63, 3.8) is 0 Å². The van der Waals surface area contributed by atoms with Gasteiger partial charge in [-0.05, 0) is 24.1 Å². The molecule has 0 fully saturated rings. The third kappa shape index (κ3) is 2.51. The average Bonchev–Trinajstić information content (AvgIpc) is 2.75. The van der Waals surface area contributed by atoms with Crippen LogP contribution in [0.4, 0.5) is 0 Å². The highest BCUT2D eigenvalue weighted by Gasteiger charge is 2.15. The van der Waals surface area contributed by atoms with Gasteiger partial charge in [0.15, 0.2) is 5.69 Å². The van der Waals surface area contributed by atoms with Crippen LogP contribution in [-0.4, -0.2) is 20.9 Å². The number of primary amides is 1. The molecule has 0 aliphatic heterocycles. The fraction of sp³-hybridized carbons (Fsp3) is 0.250. The molecule has 1 aromatic heterocycles. The van der Waals surface area contributed by atoms with Crippen molar-refractivity contribution in [2.45, 2.75) is 19.9 Å². The summed E-state index contributed by atoms with van der Waals surface area (Å²) in [6.45, 7) is 2.48. The predicted molar refractivity (Wildman–Crippen MR) is 68.5 cm³/mol. The van der Waals surface area contributed by atoms with E-state index >= 15 is 0 Å². The summed E-state index contributed by atoms with van der Waals surface area (Å²) in [6, 6.07) is 7.45. The van der Waals surface area contributed by atoms with Crippen LogP contribution >= 0.6 is 11.6 Å². The van der Waals surface area contributed by atoms with Gasteiger partial charge >= 0.3 is 0 Å². The Bertz CT molecular complexity index is 562. The largest absolute Gasteiger partial charge is 0.364 e. The second-order valence-electron chi connectivity index (χ2n) is 3.89. The number of carbonyl (C=O) groups is 1. The van der Waals surface area contributed by atoms with E-state index in [0.29, 0.717) is 18.0 Å². The van der Waals surface area contributed by atoms with Gasteiger partial charge in [0, 0.05) is 5.02 Å². The summed E-state index contributed by atoms with van der Waals surface area (Å²) in [7, 11) is 0. The Morgan fingerprint density at radius 1 is 1.39 bits per heavy atom. The molecule has 0 aliphatic rings. The molecular formula is C12H13ClN4O. The van der Waals surface area contributed by atoms with Gasteiger partial charge in [-0.2, -0.15) is 0 Å². The van der Waals surface area contributed by atoms with Crippen LogP contribution in [0.25, 0.3) is 0 Å². The fourth-order valence-electron chi connectivity index (χ4n) is 1.76. The number of carbonyl (C=O) groups excluding carboxylic acids is 1. The lowest BCUT2D eigenvalue weighted by Crippen LogP contribution is -2.15. The minimum absolute atomic E-state index is 0.242. The van der Waals surface area contributed by atoms with E-state index in [1.165, 1.54) is 0 Å². The van der Waals surface area contributed by atoms with Gasteiger partial charge < -0.3 is 5.73 Å². The summed E-state index contributed by atoms with van der Waals surface area (Å²) in [5, 5.41) is 8.46. The Labute approximate surface area is 110 Å². The molecule has 0 saturated carbocycles. The van der Waals surface area contributed by atoms with Gasteiger partial charge in [-0.25, -0.2) is 4.68 Å². The second kappa shape index (κ2) is 5.18. The Balaban J connectivity index is 2.29. The van der Waals surface area contributed by atoms with Crippen molar-refractivity contribution in [2.24, 2.45) is 5.73 Å². The first kappa shape index (κ1) is 12.6. The highest BCUT2D eigenvalue weighted by atomic mass is 35.5. The van der Waals surface area contributed by atoms with Crippen LogP contribution in [0.1, 0.15) is 28.7 Å². The maximum Gasteiger partial charge on any atom is 0.271 e. The quantitative estimate of drug-likeness (QED) is 0.912. The lowest BCUT2D eigenvalue weighted by atomic mass is 10.2. The summed E-state index contributed by atoms with van der Waals surface area (Å²) in [4.78, 5) is 11.2. The fourth-order valence-corrected chi connectivity index (χ4v) is 1.89. The van der Waals surface area contributed by atoms with Crippen LogP contribution in [-0.2, 0) is 13.0 Å². The number of hydrogen-bond acceptors (Lipinski definition) is 3. The summed E-state index contributed by atoms with van der Waals surface area (Å²) in [6.07, 6.45) is 0.652. The van der Waals surface area contributed by atoms with E-state index in [4.69, 9.17) is 17.3 Å². The van der Waals surface area contributed by atoms with E-state index in [0.717, 1.165) is 11.3 Å². The zero-order chi connectivity index (χ0) is 13.1. The van der Waals surface area contributed by atoms with Crippen molar-refractivity contribution in [3.05, 3.63) is 46.2 Å². The Kier molecular flexibility index (Phi) is 3.62. The van der Waals surface area contributed by atoms with E-state index in [1.807, 2.05) is 31.2 Å². The molecule has 6 heteroatoms. The Morgan fingerprint density at radius 2 is 2.06 bits per heavy atom. The third-order valence-corrected chi connectivity index (χ3v) is 2.90. The molecule has 0 atom stereocenters. The van der Waals surface area contributed by atoms with Crippen LogP contribution in [0.15, 0.2) is 24.3 Å². The highest BCUT2D eigenvalue weighted by Crippen LogP contribution is 2.12. The second-order valence-corrected chi connectivity index (χ2v) is 4.32. The molecule has 2 aromatic rings. The number of halogens is 1. The average molecular weight is 265 g/mol. The molecule has 0 unspecified atom stereocenters. The molecule has 18 heavy (non-hydrogen) atoms. The van der Waals surface area contributed by atoms with Crippen LogP contribution in [0, 0.1) is 0 Å². The first-order valence-corrected chi connectivity index (χ1v) is 5.96. The minimum atomic E-state index is -0.547. The van der Waals surface area contributed by atoms with Gasteiger partial charge in [-0.15, -0.1) is 5.10 Å². The monoisotopic (exact) mass is 264 g/mol. The van der Waals surface area contributed by atoms with Crippen molar-refractivity contribution in [1.29, 1.82) is 0 Å². The van der Waals surface area contributed by atoms with Crippen LogP contribution in [0.2, 0.25) is 5.02 Å². The first-order chi connectivity index (χ1) is 8.61. The molecule has 0 radical (unpaired) electrons. The SMILES string of the molecule is CCc1c(C(N)=O)nnn1Cc1ccc(Cl)cc1. The molecule has 1 amide bonds. The summed E-state index contributed by atoms with van der Waals surface area (Å²) in [5.41, 5.74) is 7.27. The molecule has 0 aliphatic carbocycles. The van der Waals surface area contributed by atoms with Gasteiger partial charge in [0.25, 0.3) is 5.91 Å². The van der Waals surface area contributed by atoms with Crippen LogP contribution in [0.3, 0.4) is 0 Å². The molecule has 2 N–H and O–H groups in total. The van der Waals surface area contributed by atoms with Gasteiger partial charge in [0.1, 0.15) is 0 Å². The number of aromatic nitrogens is 3. The van der Waals surface area contributed by atoms with E-state index < -0.39 is 5.91 Å². The standard InChI is InChI=1S/C12H13ClN4O/c1-2-10-11(12(14)18)15-16-17(10)7-8-3-5-9(13)6-4-8/h3-6H,2,7H2,1H3,(H2,14,18). The normalized spacial score (nSPS) is 10.6. The lowest BCUT2D eigenvalue weighted by molar-refractivity contribution is 0.0994. The van der Waals surface area contributed by atoms with E-state index in [1.54, 1.807) is 4.68 Å². The van der Waals surface area contributed by atoms with Gasteiger partial charge in [0.2, 0.25) is 0 Å². The number of amides is 1. The van der Waals surface area contributed by atoms with Crippen LogP contribution < -0.4 is 5.73 Å². The van der Waals surface area contributed by atoms with Gasteiger partial charge in [-0.3, -0.25) is 4.79 Å². The smallest absolute Gasteiger partial charge is 0.271 e. The van der Waals surface area contributed by atoms with Crippen LogP contribution in [0.5, 0.6) is 0 Å². The van der Waals surface area contributed by atoms with Crippen molar-refractivity contribution < 1.29 is 4.79 Å². The predicted octanol–water partition coefficient (Wildman–Crippen LogP) is 1.64. The summed E-state index contributed by atoms with van der Waals surface area (Å²) in [5.74, 6) is -0.547. The van der Waals surface area contributed by atoms with Crippen molar-refractivity contribution >= 4 is 17.5 Å². The maximum absolute atomic E-state index is 11.2. The lowest BCUT2D eigenvalue weighted by Gasteiger charge is -2.05. The number of nitrogens with zero attached hydrogens (tertiary/aromatic N) is 3. The molecule has 2 rings (SSSR count). The van der Waals surface area contributed by atoms with Gasteiger partial charge in [-0.1, -0.05) is 35.9 Å². The molecule has 0 spiro atoms. The number of rotatable bonds is 4. The molecule has 1 heterocycles. The van der Waals surface area contributed by atoms with Gasteiger partial charge in [0.05, 0.1) is 12.2 Å². The number of hydrogen-bond donors (Lipinski definition) is 1. The van der Waals surface area contributed by atoms with E-state index in [-0.39, 0.29) is 5.69 Å². The molecule has 94 valence electrons. The number of nitrogens with two attached hydrogens (primary N) is 1. The Hall–Kier alpha value is -1.88. The molecular weight excluding hydrogens is 252 g/mol. The molecule has 1 aromatic carbocycles. The topological polar surface area (TPSA) is 73.8 Å². The summed E-state index contributed by atoms with van der Waals surface area (Å²) < 4.78 is 1.68. The minimum Gasteiger partial charge on any atom is -0.364 e. The van der Waals surface area contributed by atoms with E-state index in [9.17, 15) is 4.79 Å². The Morgan fingerprint density at radius 3 is 2.61 bits per heavy atom. The van der Waals surface area contributed by atoms with E-state index in [2.05, 4.69) is 10.3 Å². The number of benzene rings is 1. The van der Waals surface area contributed by atoms with Crippen molar-refractivity contribution in [2.75, 3.05) is 0 Å². The molecule has 5 nitrogen and oxygen atoms in total. The first-order valence-electron chi connectivity index (χ1n) is 5.58.